The fourth-order valence-electron chi connectivity index (χ4n) is 0.966. The molecule has 0 rings (SSSR count). The summed E-state index contributed by atoms with van der Waals surface area (Å²) in [5.41, 5.74) is 0. The summed E-state index contributed by atoms with van der Waals surface area (Å²) in [6.45, 7) is -0.877. The maximum absolute atomic E-state index is 11.0. The highest BCUT2D eigenvalue weighted by Gasteiger charge is 2.34. The second kappa shape index (κ2) is 6.51. The Morgan fingerprint density at radius 1 is 1.00 bits per heavy atom. The minimum Gasteiger partial charge on any atom is -0.481 e. The number of hydrogen-bond acceptors (Lipinski definition) is 7. The maximum Gasteiger partial charge on any atom is 0.310 e. The van der Waals surface area contributed by atoms with E-state index in [0.717, 1.165) is 0 Å². The molecule has 8 heteroatoms. The van der Waals surface area contributed by atoms with E-state index in [1.54, 1.807) is 0 Å². The van der Waals surface area contributed by atoms with Crippen molar-refractivity contribution in [1.29, 1.82) is 0 Å². The molecule has 0 aromatic rings. The molecule has 0 aliphatic heterocycles. The van der Waals surface area contributed by atoms with Crippen LogP contribution in [0.4, 0.5) is 0 Å². The first kappa shape index (κ1) is 14.9. The van der Waals surface area contributed by atoms with E-state index < -0.39 is 49.2 Å². The molecule has 0 aromatic heterocycles. The Morgan fingerprint density at radius 3 is 1.88 bits per heavy atom. The third-order valence-corrected chi connectivity index (χ3v) is 1.91. The Hall–Kier alpha value is -1.06. The number of aliphatic hydroxyl groups excluding tert-OH is 5. The molecule has 0 fully saturated rings. The smallest absolute Gasteiger partial charge is 0.310 e. The van der Waals surface area contributed by atoms with E-state index in [4.69, 9.17) is 25.5 Å². The van der Waals surface area contributed by atoms with Gasteiger partial charge >= 0.3 is 5.97 Å². The van der Waals surface area contributed by atoms with Crippen LogP contribution >= 0.6 is 0 Å². The summed E-state index contributed by atoms with van der Waals surface area (Å²) in [5.74, 6) is -2.70. The zero-order valence-corrected chi connectivity index (χ0v) is 8.22. The molecule has 0 radical (unpaired) electrons. The molecule has 4 atom stereocenters. The van der Waals surface area contributed by atoms with Crippen LogP contribution in [0.2, 0.25) is 0 Å². The number of rotatable bonds is 7. The van der Waals surface area contributed by atoms with Gasteiger partial charge in [-0.2, -0.15) is 0 Å². The molecule has 94 valence electrons. The first-order valence-corrected chi connectivity index (χ1v) is 4.38. The van der Waals surface area contributed by atoms with Crippen LogP contribution in [0.1, 0.15) is 6.42 Å². The first-order chi connectivity index (χ1) is 7.31. The van der Waals surface area contributed by atoms with Gasteiger partial charge in [0.05, 0.1) is 6.61 Å². The van der Waals surface area contributed by atoms with Crippen LogP contribution < -0.4 is 0 Å². The van der Waals surface area contributed by atoms with Crippen LogP contribution in [0.3, 0.4) is 0 Å². The molecular formula is C8H14O8. The van der Waals surface area contributed by atoms with Crippen LogP contribution in [0, 0.1) is 0 Å². The Kier molecular flexibility index (Phi) is 6.08. The van der Waals surface area contributed by atoms with Crippen LogP contribution in [-0.4, -0.2) is 73.4 Å². The number of ketones is 1. The predicted octanol–water partition coefficient (Wildman–Crippen LogP) is -3.53. The van der Waals surface area contributed by atoms with E-state index in [-0.39, 0.29) is 0 Å². The second-order valence-corrected chi connectivity index (χ2v) is 3.21. The van der Waals surface area contributed by atoms with E-state index in [9.17, 15) is 14.7 Å². The lowest BCUT2D eigenvalue weighted by Crippen LogP contribution is -2.48. The zero-order chi connectivity index (χ0) is 12.9. The SMILES string of the molecule is O=C(O)CC(=O)[C@@H](O)[C@@H](O)[C@H](O)[C@H](O)CO. The summed E-state index contributed by atoms with van der Waals surface area (Å²) < 4.78 is 0. The van der Waals surface area contributed by atoms with E-state index >= 15 is 0 Å². The van der Waals surface area contributed by atoms with Gasteiger partial charge in [-0.3, -0.25) is 9.59 Å². The average molecular weight is 238 g/mol. The van der Waals surface area contributed by atoms with Crippen molar-refractivity contribution < 1.29 is 40.2 Å². The van der Waals surface area contributed by atoms with Gasteiger partial charge in [-0.1, -0.05) is 0 Å². The molecule has 0 amide bonds. The lowest BCUT2D eigenvalue weighted by Gasteiger charge is -2.24. The molecule has 0 heterocycles. The molecule has 0 unspecified atom stereocenters. The number of carbonyl (C=O) groups is 2. The first-order valence-electron chi connectivity index (χ1n) is 4.38. The zero-order valence-electron chi connectivity index (χ0n) is 8.22. The molecule has 0 aliphatic rings. The Bertz CT molecular complexity index is 252. The summed E-state index contributed by atoms with van der Waals surface area (Å²) >= 11 is 0. The topological polar surface area (TPSA) is 156 Å². The summed E-state index contributed by atoms with van der Waals surface area (Å²) in [4.78, 5) is 21.1. The quantitative estimate of drug-likeness (QED) is 0.249. The number of aliphatic hydroxyl groups is 5. The van der Waals surface area contributed by atoms with Crippen molar-refractivity contribution in [3.63, 3.8) is 0 Å². The summed E-state index contributed by atoms with van der Waals surface area (Å²) in [5, 5.41) is 53.0. The van der Waals surface area contributed by atoms with Crippen molar-refractivity contribution in [2.45, 2.75) is 30.8 Å². The molecule has 0 aromatic carbocycles. The van der Waals surface area contributed by atoms with Crippen LogP contribution in [-0.2, 0) is 9.59 Å². The van der Waals surface area contributed by atoms with Crippen molar-refractivity contribution in [1.82, 2.24) is 0 Å². The van der Waals surface area contributed by atoms with Gasteiger partial charge in [-0.05, 0) is 0 Å². The molecule has 0 saturated carbocycles. The Morgan fingerprint density at radius 2 is 1.50 bits per heavy atom. The monoisotopic (exact) mass is 238 g/mol. The second-order valence-electron chi connectivity index (χ2n) is 3.21. The van der Waals surface area contributed by atoms with Gasteiger partial charge in [0.25, 0.3) is 0 Å². The minimum absolute atomic E-state index is 0.877. The molecule has 0 aliphatic carbocycles. The number of carboxylic acid groups (broad SMARTS) is 1. The highest BCUT2D eigenvalue weighted by atomic mass is 16.4. The van der Waals surface area contributed by atoms with Crippen molar-refractivity contribution >= 4 is 11.8 Å². The third-order valence-electron chi connectivity index (χ3n) is 1.91. The average Bonchev–Trinajstić information content (AvgIpc) is 2.23. The van der Waals surface area contributed by atoms with Crippen LogP contribution in [0.25, 0.3) is 0 Å². The molecule has 0 spiro atoms. The number of carbonyl (C=O) groups excluding carboxylic acids is 1. The predicted molar refractivity (Wildman–Crippen MR) is 48.4 cm³/mol. The number of carboxylic acids is 1. The van der Waals surface area contributed by atoms with E-state index in [2.05, 4.69) is 0 Å². The van der Waals surface area contributed by atoms with Gasteiger partial charge in [-0.15, -0.1) is 0 Å². The van der Waals surface area contributed by atoms with Gasteiger partial charge in [-0.25, -0.2) is 0 Å². The molecule has 8 nitrogen and oxygen atoms in total. The third kappa shape index (κ3) is 4.21. The fourth-order valence-corrected chi connectivity index (χ4v) is 0.966. The molecule has 6 N–H and O–H groups in total. The number of aliphatic carboxylic acids is 1. The van der Waals surface area contributed by atoms with Crippen LogP contribution in [0.5, 0.6) is 0 Å². The molecule has 0 bridgehead atoms. The number of Topliss-reactive ketones (excluding diaryl/α,β-unsaturated/α-hetero) is 1. The Labute approximate surface area is 90.4 Å². The summed E-state index contributed by atoms with van der Waals surface area (Å²) in [6, 6.07) is 0. The van der Waals surface area contributed by atoms with Crippen molar-refractivity contribution in [3.05, 3.63) is 0 Å². The number of hydrogen-bond donors (Lipinski definition) is 6. The van der Waals surface area contributed by atoms with Crippen LogP contribution in [0.15, 0.2) is 0 Å². The van der Waals surface area contributed by atoms with E-state index in [1.165, 1.54) is 0 Å². The summed E-state index contributed by atoms with van der Waals surface area (Å²) in [7, 11) is 0. The highest BCUT2D eigenvalue weighted by Crippen LogP contribution is 2.07. The highest BCUT2D eigenvalue weighted by molar-refractivity contribution is 5.97. The van der Waals surface area contributed by atoms with Gasteiger partial charge in [0.2, 0.25) is 0 Å². The van der Waals surface area contributed by atoms with E-state index in [1.807, 2.05) is 0 Å². The largest absolute Gasteiger partial charge is 0.481 e. The van der Waals surface area contributed by atoms with Gasteiger partial charge in [0, 0.05) is 0 Å². The normalized spacial score (nSPS) is 18.6. The van der Waals surface area contributed by atoms with Crippen molar-refractivity contribution in [2.24, 2.45) is 0 Å². The van der Waals surface area contributed by atoms with Gasteiger partial charge in [0.1, 0.15) is 30.8 Å². The molecule has 0 saturated heterocycles. The Balaban J connectivity index is 4.42. The van der Waals surface area contributed by atoms with Gasteiger partial charge < -0.3 is 30.6 Å². The summed E-state index contributed by atoms with van der Waals surface area (Å²) in [6.07, 6.45) is -8.89. The van der Waals surface area contributed by atoms with E-state index in [0.29, 0.717) is 0 Å². The lowest BCUT2D eigenvalue weighted by atomic mass is 9.99. The standard InChI is InChI=1S/C8H14O8/c9-2-4(11)7(15)8(16)6(14)3(10)1-5(12)13/h4,6-9,11,14-16H,1-2H2,(H,12,13)/t4-,6-,7-,8-/m1/s1. The van der Waals surface area contributed by atoms with Crippen molar-refractivity contribution in [2.75, 3.05) is 6.61 Å². The van der Waals surface area contributed by atoms with Gasteiger partial charge in [0.15, 0.2) is 5.78 Å². The van der Waals surface area contributed by atoms with Crippen molar-refractivity contribution in [3.8, 4) is 0 Å². The fraction of sp³-hybridized carbons (Fsp3) is 0.750. The molecule has 16 heavy (non-hydrogen) atoms. The maximum atomic E-state index is 11.0. The minimum atomic E-state index is -2.13. The molecular weight excluding hydrogens is 224 g/mol. The lowest BCUT2D eigenvalue weighted by molar-refractivity contribution is -0.152.